The summed E-state index contributed by atoms with van der Waals surface area (Å²) in [7, 11) is -2.02. The first-order valence-corrected chi connectivity index (χ1v) is 6.57. The molecule has 0 saturated carbocycles. The lowest BCUT2D eigenvalue weighted by Gasteiger charge is -2.04. The molecule has 0 fully saturated rings. The number of hydrogen-bond acceptors (Lipinski definition) is 4. The van der Waals surface area contributed by atoms with Gasteiger partial charge in [-0.3, -0.25) is 0 Å². The molecular weight excluding hydrogens is 228 g/mol. The largest absolute Gasteiger partial charge is 0.465 e. The van der Waals surface area contributed by atoms with Crippen molar-refractivity contribution in [3.05, 3.63) is 29.8 Å². The second-order valence-electron chi connectivity index (χ2n) is 3.34. The highest BCUT2D eigenvalue weighted by Crippen LogP contribution is 2.14. The molecule has 16 heavy (non-hydrogen) atoms. The van der Waals surface area contributed by atoms with E-state index in [4.69, 9.17) is 0 Å². The monoisotopic (exact) mass is 242 g/mol. The first kappa shape index (κ1) is 12.7. The van der Waals surface area contributed by atoms with Crippen molar-refractivity contribution in [2.24, 2.45) is 0 Å². The van der Waals surface area contributed by atoms with Gasteiger partial charge in [0.1, 0.15) is 0 Å². The van der Waals surface area contributed by atoms with Crippen LogP contribution in [0.3, 0.4) is 0 Å². The highest BCUT2D eigenvalue weighted by molar-refractivity contribution is 7.91. The van der Waals surface area contributed by atoms with Gasteiger partial charge in [0, 0.05) is 0 Å². The first-order chi connectivity index (χ1) is 7.51. The second-order valence-corrected chi connectivity index (χ2v) is 5.45. The average Bonchev–Trinajstić information content (AvgIpc) is 2.28. The smallest absolute Gasteiger partial charge is 0.337 e. The molecule has 0 aromatic heterocycles. The maximum absolute atomic E-state index is 11.7. The summed E-state index contributed by atoms with van der Waals surface area (Å²) in [6.07, 6.45) is 0.546. The van der Waals surface area contributed by atoms with Crippen LogP contribution < -0.4 is 0 Å². The summed E-state index contributed by atoms with van der Waals surface area (Å²) in [5.41, 5.74) is 0.250. The minimum absolute atomic E-state index is 0.0810. The number of hydrogen-bond donors (Lipinski definition) is 0. The van der Waals surface area contributed by atoms with Crippen LogP contribution in [-0.2, 0) is 14.6 Å². The van der Waals surface area contributed by atoms with E-state index in [2.05, 4.69) is 4.74 Å². The van der Waals surface area contributed by atoms with E-state index in [1.807, 2.05) is 0 Å². The van der Waals surface area contributed by atoms with Gasteiger partial charge in [-0.15, -0.1) is 0 Å². The molecule has 0 N–H and O–H groups in total. The summed E-state index contributed by atoms with van der Waals surface area (Å²) in [6, 6.07) is 5.89. The van der Waals surface area contributed by atoms with Crippen LogP contribution in [0.4, 0.5) is 0 Å². The van der Waals surface area contributed by atoms with E-state index in [0.29, 0.717) is 6.42 Å². The Morgan fingerprint density at radius 2 is 2.06 bits per heavy atom. The summed E-state index contributed by atoms with van der Waals surface area (Å²) >= 11 is 0. The number of carbonyl (C=O) groups is 1. The number of carbonyl (C=O) groups excluding carboxylic acids is 1. The van der Waals surface area contributed by atoms with Crippen LogP contribution in [0, 0.1) is 0 Å². The second kappa shape index (κ2) is 5.12. The van der Waals surface area contributed by atoms with E-state index in [0.717, 1.165) is 0 Å². The van der Waals surface area contributed by atoms with Crippen molar-refractivity contribution in [2.75, 3.05) is 12.9 Å². The number of ether oxygens (including phenoxy) is 1. The third kappa shape index (κ3) is 2.82. The molecule has 4 nitrogen and oxygen atoms in total. The van der Waals surface area contributed by atoms with Gasteiger partial charge < -0.3 is 4.74 Å². The van der Waals surface area contributed by atoms with Crippen molar-refractivity contribution in [1.29, 1.82) is 0 Å². The van der Waals surface area contributed by atoms with Gasteiger partial charge in [-0.05, 0) is 24.6 Å². The molecule has 1 aromatic carbocycles. The van der Waals surface area contributed by atoms with Crippen molar-refractivity contribution < 1.29 is 17.9 Å². The fraction of sp³-hybridized carbons (Fsp3) is 0.364. The van der Waals surface area contributed by atoms with E-state index in [1.165, 1.54) is 31.4 Å². The molecule has 1 aromatic rings. The molecule has 0 aliphatic rings. The Balaban J connectivity index is 3.13. The Morgan fingerprint density at radius 1 is 1.38 bits per heavy atom. The molecule has 1 rings (SSSR count). The van der Waals surface area contributed by atoms with Crippen LogP contribution in [0.2, 0.25) is 0 Å². The Labute approximate surface area is 95.2 Å². The van der Waals surface area contributed by atoms with Gasteiger partial charge in [0.05, 0.1) is 23.3 Å². The van der Waals surface area contributed by atoms with Crippen molar-refractivity contribution in [2.45, 2.75) is 18.2 Å². The minimum Gasteiger partial charge on any atom is -0.465 e. The van der Waals surface area contributed by atoms with Crippen molar-refractivity contribution in [1.82, 2.24) is 0 Å². The topological polar surface area (TPSA) is 60.4 Å². The lowest BCUT2D eigenvalue weighted by molar-refractivity contribution is 0.0600. The lowest BCUT2D eigenvalue weighted by atomic mass is 10.2. The number of sulfone groups is 1. The molecule has 0 bridgehead atoms. The van der Waals surface area contributed by atoms with Gasteiger partial charge in [0.25, 0.3) is 0 Å². The maximum atomic E-state index is 11.7. The third-order valence-corrected chi connectivity index (χ3v) is 4.00. The number of esters is 1. The number of methoxy groups -OCH3 is 1. The molecule has 0 heterocycles. The lowest BCUT2D eigenvalue weighted by Crippen LogP contribution is -2.08. The highest BCUT2D eigenvalue weighted by atomic mass is 32.2. The molecule has 0 saturated heterocycles. The van der Waals surface area contributed by atoms with Gasteiger partial charge in [-0.25, -0.2) is 13.2 Å². The predicted octanol–water partition coefficient (Wildman–Crippen LogP) is 1.66. The predicted molar refractivity (Wildman–Crippen MR) is 60.1 cm³/mol. The molecule has 88 valence electrons. The fourth-order valence-corrected chi connectivity index (χ4v) is 2.69. The highest BCUT2D eigenvalue weighted by Gasteiger charge is 2.15. The maximum Gasteiger partial charge on any atom is 0.337 e. The van der Waals surface area contributed by atoms with Crippen molar-refractivity contribution in [3.8, 4) is 0 Å². The standard InChI is InChI=1S/C11H14O4S/c1-3-7-16(13,14)10-6-4-5-9(8-10)11(12)15-2/h4-6,8H,3,7H2,1-2H3. The zero-order valence-electron chi connectivity index (χ0n) is 9.26. The zero-order valence-corrected chi connectivity index (χ0v) is 10.1. The molecule has 5 heteroatoms. The van der Waals surface area contributed by atoms with E-state index in [-0.39, 0.29) is 16.2 Å². The van der Waals surface area contributed by atoms with Crippen molar-refractivity contribution in [3.63, 3.8) is 0 Å². The summed E-state index contributed by atoms with van der Waals surface area (Å²) in [4.78, 5) is 11.4. The Kier molecular flexibility index (Phi) is 4.06. The number of rotatable bonds is 4. The molecule has 0 radical (unpaired) electrons. The van der Waals surface area contributed by atoms with Gasteiger partial charge in [0.15, 0.2) is 9.84 Å². The molecule has 0 aliphatic carbocycles. The normalized spacial score (nSPS) is 11.1. The molecule has 0 amide bonds. The van der Waals surface area contributed by atoms with Crippen LogP contribution >= 0.6 is 0 Å². The molecule has 0 spiro atoms. The van der Waals surface area contributed by atoms with Crippen LogP contribution in [0.25, 0.3) is 0 Å². The Morgan fingerprint density at radius 3 is 2.62 bits per heavy atom. The van der Waals surface area contributed by atoms with Gasteiger partial charge >= 0.3 is 5.97 Å². The summed E-state index contributed by atoms with van der Waals surface area (Å²) < 4.78 is 28.0. The fourth-order valence-electron chi connectivity index (χ4n) is 1.32. The summed E-state index contributed by atoms with van der Waals surface area (Å²) in [5, 5.41) is 0. The van der Waals surface area contributed by atoms with E-state index in [1.54, 1.807) is 6.92 Å². The quantitative estimate of drug-likeness (QED) is 0.753. The minimum atomic E-state index is -3.28. The zero-order chi connectivity index (χ0) is 12.2. The molecule has 0 atom stereocenters. The first-order valence-electron chi connectivity index (χ1n) is 4.92. The molecule has 0 unspecified atom stereocenters. The average molecular weight is 242 g/mol. The van der Waals surface area contributed by atoms with E-state index in [9.17, 15) is 13.2 Å². The van der Waals surface area contributed by atoms with Gasteiger partial charge in [-0.1, -0.05) is 13.0 Å². The third-order valence-electron chi connectivity index (χ3n) is 2.09. The summed E-state index contributed by atoms with van der Waals surface area (Å²) in [5.74, 6) is -0.453. The van der Waals surface area contributed by atoms with Crippen LogP contribution in [-0.4, -0.2) is 27.2 Å². The molecular formula is C11H14O4S. The summed E-state index contributed by atoms with van der Waals surface area (Å²) in [6.45, 7) is 1.79. The van der Waals surface area contributed by atoms with Crippen LogP contribution in [0.5, 0.6) is 0 Å². The van der Waals surface area contributed by atoms with E-state index < -0.39 is 15.8 Å². The van der Waals surface area contributed by atoms with Crippen molar-refractivity contribution >= 4 is 15.8 Å². The van der Waals surface area contributed by atoms with Crippen LogP contribution in [0.15, 0.2) is 29.2 Å². The van der Waals surface area contributed by atoms with Crippen LogP contribution in [0.1, 0.15) is 23.7 Å². The Bertz CT molecular complexity index is 477. The Hall–Kier alpha value is -1.36. The van der Waals surface area contributed by atoms with E-state index >= 15 is 0 Å². The van der Waals surface area contributed by atoms with Gasteiger partial charge in [-0.2, -0.15) is 0 Å². The van der Waals surface area contributed by atoms with Gasteiger partial charge in [0.2, 0.25) is 0 Å². The molecule has 0 aliphatic heterocycles. The SMILES string of the molecule is CCCS(=O)(=O)c1cccc(C(=O)OC)c1. The number of benzene rings is 1.